The van der Waals surface area contributed by atoms with Gasteiger partial charge in [-0.1, -0.05) is 17.7 Å². The fourth-order valence-electron chi connectivity index (χ4n) is 3.13. The van der Waals surface area contributed by atoms with Crippen LogP contribution < -0.4 is 16.0 Å². The molecule has 1 amide bonds. The van der Waals surface area contributed by atoms with Crippen LogP contribution in [-0.2, 0) is 4.74 Å². The smallest absolute Gasteiger partial charge is 0.258 e. The minimum Gasteiger partial charge on any atom is -0.381 e. The lowest BCUT2D eigenvalue weighted by molar-refractivity contribution is 0.0903. The van der Waals surface area contributed by atoms with Gasteiger partial charge in [-0.2, -0.15) is 0 Å². The third kappa shape index (κ3) is 5.09. The maximum atomic E-state index is 12.7. The summed E-state index contributed by atoms with van der Waals surface area (Å²) in [5.41, 5.74) is 3.80. The van der Waals surface area contributed by atoms with E-state index in [0.29, 0.717) is 28.9 Å². The number of nitrogens with zero attached hydrogens (tertiary/aromatic N) is 3. The molecule has 1 aliphatic heterocycles. The van der Waals surface area contributed by atoms with Crippen LogP contribution in [0.1, 0.15) is 28.8 Å². The number of carbonyl (C=O) groups excluding carboxylic acids is 1. The second-order valence-electron chi connectivity index (χ2n) is 7.19. The Hall–Kier alpha value is -3.52. The Bertz CT molecular complexity index is 985. The summed E-state index contributed by atoms with van der Waals surface area (Å²) in [7, 11) is 0. The average molecular weight is 404 g/mol. The van der Waals surface area contributed by atoms with Crippen LogP contribution in [0.15, 0.2) is 55.1 Å². The topological polar surface area (TPSA) is 101 Å². The van der Waals surface area contributed by atoms with E-state index in [2.05, 4.69) is 30.9 Å². The zero-order chi connectivity index (χ0) is 20.8. The van der Waals surface area contributed by atoms with Crippen molar-refractivity contribution < 1.29 is 9.53 Å². The number of aryl methyl sites for hydroxylation is 1. The first-order valence-corrected chi connectivity index (χ1v) is 9.93. The van der Waals surface area contributed by atoms with Gasteiger partial charge in [0.25, 0.3) is 5.91 Å². The summed E-state index contributed by atoms with van der Waals surface area (Å²) in [6, 6.07) is 10.0. The first-order chi connectivity index (χ1) is 14.7. The molecule has 0 atom stereocenters. The van der Waals surface area contributed by atoms with Crippen molar-refractivity contribution >= 4 is 28.9 Å². The van der Waals surface area contributed by atoms with E-state index < -0.39 is 0 Å². The van der Waals surface area contributed by atoms with Crippen LogP contribution in [0, 0.1) is 6.92 Å². The quantitative estimate of drug-likeness (QED) is 0.575. The number of nitrogens with one attached hydrogen (secondary N) is 3. The lowest BCUT2D eigenvalue weighted by atomic mass is 10.1. The van der Waals surface area contributed by atoms with Crippen molar-refractivity contribution in [1.82, 2.24) is 15.0 Å². The molecule has 0 radical (unpaired) electrons. The first kappa shape index (κ1) is 19.8. The Morgan fingerprint density at radius 3 is 2.47 bits per heavy atom. The lowest BCUT2D eigenvalue weighted by Gasteiger charge is -2.22. The molecule has 4 rings (SSSR count). The van der Waals surface area contributed by atoms with E-state index in [-0.39, 0.29) is 5.91 Å². The van der Waals surface area contributed by atoms with Crippen LogP contribution in [0.25, 0.3) is 0 Å². The van der Waals surface area contributed by atoms with Crippen LogP contribution in [0.4, 0.5) is 23.0 Å². The Morgan fingerprint density at radius 1 is 1.00 bits per heavy atom. The van der Waals surface area contributed by atoms with Gasteiger partial charge in [-0.3, -0.25) is 9.78 Å². The molecule has 0 bridgehead atoms. The normalized spacial score (nSPS) is 14.2. The molecule has 1 aliphatic rings. The summed E-state index contributed by atoms with van der Waals surface area (Å²) in [6.07, 6.45) is 8.20. The van der Waals surface area contributed by atoms with Gasteiger partial charge in [0.05, 0.1) is 23.1 Å². The van der Waals surface area contributed by atoms with Crippen molar-refractivity contribution in [3.63, 3.8) is 0 Å². The summed E-state index contributed by atoms with van der Waals surface area (Å²) in [6.45, 7) is 3.51. The SMILES string of the molecule is Cc1ccc(Nc2cnccc2NC(=O)c2cnc(NC3CCOCC3)nc2)cc1. The molecule has 154 valence electrons. The average Bonchev–Trinajstić information content (AvgIpc) is 2.78. The van der Waals surface area contributed by atoms with Gasteiger partial charge >= 0.3 is 0 Å². The summed E-state index contributed by atoms with van der Waals surface area (Å²) < 4.78 is 5.35. The predicted octanol–water partition coefficient (Wildman–Crippen LogP) is 3.77. The van der Waals surface area contributed by atoms with Gasteiger partial charge in [0.15, 0.2) is 0 Å². The number of hydrogen-bond donors (Lipinski definition) is 3. The molecule has 0 unspecified atom stereocenters. The van der Waals surface area contributed by atoms with Crippen molar-refractivity contribution in [2.45, 2.75) is 25.8 Å². The number of anilines is 4. The number of carbonyl (C=O) groups is 1. The lowest BCUT2D eigenvalue weighted by Crippen LogP contribution is -2.28. The maximum Gasteiger partial charge on any atom is 0.258 e. The highest BCUT2D eigenvalue weighted by Crippen LogP contribution is 2.25. The number of aromatic nitrogens is 3. The molecule has 8 heteroatoms. The molecule has 8 nitrogen and oxygen atoms in total. The number of benzene rings is 1. The first-order valence-electron chi connectivity index (χ1n) is 9.93. The Kier molecular flexibility index (Phi) is 6.14. The van der Waals surface area contributed by atoms with Crippen molar-refractivity contribution in [3.8, 4) is 0 Å². The van der Waals surface area contributed by atoms with Crippen molar-refractivity contribution in [1.29, 1.82) is 0 Å². The van der Waals surface area contributed by atoms with Crippen molar-refractivity contribution in [3.05, 3.63) is 66.2 Å². The van der Waals surface area contributed by atoms with E-state index in [1.165, 1.54) is 18.0 Å². The van der Waals surface area contributed by atoms with Gasteiger partial charge in [-0.05, 0) is 38.0 Å². The van der Waals surface area contributed by atoms with Gasteiger partial charge in [0.2, 0.25) is 5.95 Å². The maximum absolute atomic E-state index is 12.7. The molecule has 3 heterocycles. The number of rotatable bonds is 6. The molecule has 3 aromatic rings. The van der Waals surface area contributed by atoms with E-state index in [1.54, 1.807) is 18.5 Å². The molecular formula is C22H24N6O2. The Labute approximate surface area is 175 Å². The van der Waals surface area contributed by atoms with Crippen LogP contribution in [0.3, 0.4) is 0 Å². The van der Waals surface area contributed by atoms with Crippen LogP contribution in [0.5, 0.6) is 0 Å². The van der Waals surface area contributed by atoms with Crippen molar-refractivity contribution in [2.75, 3.05) is 29.2 Å². The Morgan fingerprint density at radius 2 is 1.73 bits per heavy atom. The third-order valence-electron chi connectivity index (χ3n) is 4.87. The zero-order valence-electron chi connectivity index (χ0n) is 16.8. The molecule has 0 saturated carbocycles. The molecule has 0 spiro atoms. The fraction of sp³-hybridized carbons (Fsp3) is 0.273. The minimum atomic E-state index is -0.286. The van der Waals surface area contributed by atoms with Crippen LogP contribution in [0.2, 0.25) is 0 Å². The molecule has 0 aliphatic carbocycles. The number of pyridine rings is 1. The number of hydrogen-bond acceptors (Lipinski definition) is 7. The van der Waals surface area contributed by atoms with Crippen LogP contribution in [-0.4, -0.2) is 40.1 Å². The summed E-state index contributed by atoms with van der Waals surface area (Å²) in [5.74, 6) is 0.231. The molecule has 1 aromatic carbocycles. The molecule has 1 saturated heterocycles. The molecule has 3 N–H and O–H groups in total. The van der Waals surface area contributed by atoms with Gasteiger partial charge in [-0.25, -0.2) is 9.97 Å². The highest BCUT2D eigenvalue weighted by atomic mass is 16.5. The van der Waals surface area contributed by atoms with Gasteiger partial charge in [0, 0.05) is 43.5 Å². The van der Waals surface area contributed by atoms with E-state index in [4.69, 9.17) is 4.74 Å². The van der Waals surface area contributed by atoms with Crippen molar-refractivity contribution in [2.24, 2.45) is 0 Å². The summed E-state index contributed by atoms with van der Waals surface area (Å²) in [5, 5.41) is 9.47. The highest BCUT2D eigenvalue weighted by Gasteiger charge is 2.15. The third-order valence-corrected chi connectivity index (χ3v) is 4.87. The van der Waals surface area contributed by atoms with E-state index in [1.807, 2.05) is 31.2 Å². The molecular weight excluding hydrogens is 380 g/mol. The number of amides is 1. The van der Waals surface area contributed by atoms with Gasteiger partial charge in [-0.15, -0.1) is 0 Å². The van der Waals surface area contributed by atoms with Gasteiger partial charge < -0.3 is 20.7 Å². The Balaban J connectivity index is 1.41. The largest absolute Gasteiger partial charge is 0.381 e. The molecule has 30 heavy (non-hydrogen) atoms. The standard InChI is InChI=1S/C22H24N6O2/c1-15-2-4-17(5-3-15)26-20-14-23-9-6-19(20)28-21(29)16-12-24-22(25-13-16)27-18-7-10-30-11-8-18/h2-6,9,12-14,18,26H,7-8,10-11H2,1H3,(H,23,28,29)(H,24,25,27). The molecule has 2 aromatic heterocycles. The second-order valence-corrected chi connectivity index (χ2v) is 7.19. The monoisotopic (exact) mass is 404 g/mol. The second kappa shape index (κ2) is 9.32. The summed E-state index contributed by atoms with van der Waals surface area (Å²) >= 11 is 0. The highest BCUT2D eigenvalue weighted by molar-refractivity contribution is 6.05. The van der Waals surface area contributed by atoms with E-state index in [9.17, 15) is 4.79 Å². The van der Waals surface area contributed by atoms with Crippen LogP contribution >= 0.6 is 0 Å². The number of ether oxygens (including phenoxy) is 1. The predicted molar refractivity (Wildman–Crippen MR) is 116 cm³/mol. The summed E-state index contributed by atoms with van der Waals surface area (Å²) in [4.78, 5) is 25.4. The fourth-order valence-corrected chi connectivity index (χ4v) is 3.13. The van der Waals surface area contributed by atoms with E-state index in [0.717, 1.165) is 31.7 Å². The van der Waals surface area contributed by atoms with E-state index >= 15 is 0 Å². The minimum absolute atomic E-state index is 0.286. The molecule has 1 fully saturated rings. The van der Waals surface area contributed by atoms with Gasteiger partial charge in [0.1, 0.15) is 0 Å². The zero-order valence-corrected chi connectivity index (χ0v) is 16.8.